The molecular formula is C18H24N4O5S. The normalized spacial score (nSPS) is 20.0. The van der Waals surface area contributed by atoms with Crippen molar-refractivity contribution in [3.63, 3.8) is 0 Å². The van der Waals surface area contributed by atoms with Gasteiger partial charge in [-0.2, -0.15) is 0 Å². The zero-order chi connectivity index (χ0) is 20.5. The van der Waals surface area contributed by atoms with Gasteiger partial charge >= 0.3 is 6.03 Å². The van der Waals surface area contributed by atoms with Crippen molar-refractivity contribution in [3.05, 3.63) is 29.8 Å². The van der Waals surface area contributed by atoms with E-state index >= 15 is 0 Å². The Morgan fingerprint density at radius 3 is 2.32 bits per heavy atom. The summed E-state index contributed by atoms with van der Waals surface area (Å²) in [6.07, 6.45) is 1.34. The minimum absolute atomic E-state index is 0.104. The van der Waals surface area contributed by atoms with Gasteiger partial charge in [0.1, 0.15) is 5.54 Å². The predicted molar refractivity (Wildman–Crippen MR) is 101 cm³/mol. The molecule has 1 aromatic rings. The fraction of sp³-hybridized carbons (Fsp3) is 0.500. The summed E-state index contributed by atoms with van der Waals surface area (Å²) in [7, 11) is -3.63. The Hall–Kier alpha value is -2.46. The van der Waals surface area contributed by atoms with Crippen LogP contribution in [0.3, 0.4) is 0 Å². The molecule has 1 spiro atoms. The quantitative estimate of drug-likeness (QED) is 0.615. The van der Waals surface area contributed by atoms with Crippen LogP contribution in [0.5, 0.6) is 0 Å². The molecule has 2 saturated heterocycles. The second-order valence-corrected chi connectivity index (χ2v) is 8.95. The van der Waals surface area contributed by atoms with Crippen molar-refractivity contribution in [2.45, 2.75) is 49.6 Å². The third-order valence-corrected chi connectivity index (χ3v) is 6.90. The molecule has 0 saturated carbocycles. The lowest BCUT2D eigenvalue weighted by molar-refractivity contribution is -0.125. The van der Waals surface area contributed by atoms with Crippen LogP contribution in [0, 0.1) is 0 Å². The number of urea groups is 1. The molecule has 152 valence electrons. The summed E-state index contributed by atoms with van der Waals surface area (Å²) < 4.78 is 27.2. The van der Waals surface area contributed by atoms with E-state index in [-0.39, 0.29) is 22.8 Å². The van der Waals surface area contributed by atoms with Gasteiger partial charge in [0.15, 0.2) is 0 Å². The van der Waals surface area contributed by atoms with Crippen molar-refractivity contribution >= 4 is 27.9 Å². The number of nitrogens with zero attached hydrogens (tertiary/aromatic N) is 1. The summed E-state index contributed by atoms with van der Waals surface area (Å²) >= 11 is 0. The van der Waals surface area contributed by atoms with Gasteiger partial charge in [0, 0.05) is 24.7 Å². The summed E-state index contributed by atoms with van der Waals surface area (Å²) in [5.41, 5.74) is -0.564. The van der Waals surface area contributed by atoms with Gasteiger partial charge in [-0.05, 0) is 50.5 Å². The zero-order valence-electron chi connectivity index (χ0n) is 15.8. The van der Waals surface area contributed by atoms with Crippen LogP contribution in [-0.2, 0) is 14.8 Å². The van der Waals surface area contributed by atoms with E-state index < -0.39 is 21.6 Å². The number of rotatable bonds is 5. The maximum atomic E-state index is 12.7. The van der Waals surface area contributed by atoms with Crippen LogP contribution in [0.2, 0.25) is 0 Å². The van der Waals surface area contributed by atoms with Gasteiger partial charge in [0.25, 0.3) is 11.8 Å². The van der Waals surface area contributed by atoms with Crippen molar-refractivity contribution in [2.75, 3.05) is 13.1 Å². The number of amides is 4. The van der Waals surface area contributed by atoms with Gasteiger partial charge in [-0.15, -0.1) is 0 Å². The first-order valence-corrected chi connectivity index (χ1v) is 10.7. The Balaban J connectivity index is 1.66. The average molecular weight is 408 g/mol. The minimum atomic E-state index is -3.63. The molecule has 1 atom stereocenters. The van der Waals surface area contributed by atoms with Gasteiger partial charge in [-0.25, -0.2) is 17.9 Å². The lowest BCUT2D eigenvalue weighted by Crippen LogP contribution is -2.55. The Morgan fingerprint density at radius 2 is 1.82 bits per heavy atom. The number of sulfonamides is 1. The zero-order valence-corrected chi connectivity index (χ0v) is 16.6. The lowest BCUT2D eigenvalue weighted by Gasteiger charge is -2.37. The molecule has 3 N–H and O–H groups in total. The Labute approximate surface area is 163 Å². The van der Waals surface area contributed by atoms with Crippen LogP contribution in [0.15, 0.2) is 29.2 Å². The third-order valence-electron chi connectivity index (χ3n) is 5.30. The summed E-state index contributed by atoms with van der Waals surface area (Å²) in [5.74, 6) is -0.591. The number of piperidine rings is 1. The molecule has 2 fully saturated rings. The van der Waals surface area contributed by atoms with Crippen molar-refractivity contribution in [3.8, 4) is 0 Å². The van der Waals surface area contributed by atoms with E-state index in [1.807, 2.05) is 6.92 Å². The molecule has 10 heteroatoms. The van der Waals surface area contributed by atoms with E-state index in [9.17, 15) is 22.8 Å². The maximum Gasteiger partial charge on any atom is 0.322 e. The largest absolute Gasteiger partial charge is 0.338 e. The molecule has 0 aromatic heterocycles. The Bertz CT molecular complexity index is 889. The monoisotopic (exact) mass is 408 g/mol. The standard InChI is InChI=1S/C18H24N4O5S/c1-3-12(2)21-28(26,27)14-6-4-13(5-7-14)15(23)22-10-8-18(9-11-22)16(24)19-17(25)20-18/h4-7,12,21H,3,8-11H2,1-2H3,(H2,19,20,24,25)/t12-/m1/s1. The van der Waals surface area contributed by atoms with Gasteiger partial charge in [0.05, 0.1) is 4.90 Å². The van der Waals surface area contributed by atoms with Crippen molar-refractivity contribution in [1.82, 2.24) is 20.3 Å². The van der Waals surface area contributed by atoms with E-state index in [4.69, 9.17) is 0 Å². The summed E-state index contributed by atoms with van der Waals surface area (Å²) in [6, 6.07) is 5.11. The van der Waals surface area contributed by atoms with Crippen LogP contribution in [-0.4, -0.2) is 55.8 Å². The van der Waals surface area contributed by atoms with Gasteiger partial charge < -0.3 is 10.2 Å². The number of hydrogen-bond donors (Lipinski definition) is 3. The van der Waals surface area contributed by atoms with Crippen LogP contribution < -0.4 is 15.4 Å². The molecule has 1 aromatic carbocycles. The molecule has 0 bridgehead atoms. The van der Waals surface area contributed by atoms with E-state index in [0.29, 0.717) is 37.9 Å². The first-order valence-electron chi connectivity index (χ1n) is 9.22. The first-order chi connectivity index (χ1) is 13.2. The number of hydrogen-bond acceptors (Lipinski definition) is 5. The van der Waals surface area contributed by atoms with Crippen LogP contribution in [0.1, 0.15) is 43.5 Å². The van der Waals surface area contributed by atoms with E-state index in [2.05, 4.69) is 15.4 Å². The topological polar surface area (TPSA) is 125 Å². The second-order valence-electron chi connectivity index (χ2n) is 7.24. The fourth-order valence-electron chi connectivity index (χ4n) is 3.35. The highest BCUT2D eigenvalue weighted by Gasteiger charge is 2.48. The molecule has 9 nitrogen and oxygen atoms in total. The first kappa shape index (κ1) is 20.3. The molecule has 28 heavy (non-hydrogen) atoms. The number of carbonyl (C=O) groups is 3. The minimum Gasteiger partial charge on any atom is -0.338 e. The SMILES string of the molecule is CC[C@@H](C)NS(=O)(=O)c1ccc(C(=O)N2CCC3(CC2)NC(=O)NC3=O)cc1. The second kappa shape index (κ2) is 7.51. The van der Waals surface area contributed by atoms with Crippen molar-refractivity contribution in [2.24, 2.45) is 0 Å². The van der Waals surface area contributed by atoms with Crippen molar-refractivity contribution < 1.29 is 22.8 Å². The highest BCUT2D eigenvalue weighted by molar-refractivity contribution is 7.89. The summed E-state index contributed by atoms with van der Waals surface area (Å²) in [4.78, 5) is 37.8. The van der Waals surface area contributed by atoms with Gasteiger partial charge in [-0.3, -0.25) is 14.9 Å². The summed E-state index contributed by atoms with van der Waals surface area (Å²) in [5, 5.41) is 4.89. The molecule has 3 rings (SSSR count). The van der Waals surface area contributed by atoms with Gasteiger partial charge in [-0.1, -0.05) is 6.92 Å². The highest BCUT2D eigenvalue weighted by Crippen LogP contribution is 2.26. The number of likely N-dealkylation sites (tertiary alicyclic amines) is 1. The van der Waals surface area contributed by atoms with Crippen LogP contribution >= 0.6 is 0 Å². The van der Waals surface area contributed by atoms with Crippen LogP contribution in [0.4, 0.5) is 4.79 Å². The number of benzene rings is 1. The molecular weight excluding hydrogens is 384 g/mol. The number of imide groups is 1. The predicted octanol–water partition coefficient (Wildman–Crippen LogP) is 0.578. The van der Waals surface area contributed by atoms with Crippen LogP contribution in [0.25, 0.3) is 0 Å². The molecule has 2 aliphatic rings. The smallest absolute Gasteiger partial charge is 0.322 e. The molecule has 0 unspecified atom stereocenters. The molecule has 2 aliphatic heterocycles. The summed E-state index contributed by atoms with van der Waals surface area (Å²) in [6.45, 7) is 4.31. The Morgan fingerprint density at radius 1 is 1.21 bits per heavy atom. The third kappa shape index (κ3) is 3.88. The van der Waals surface area contributed by atoms with Crippen molar-refractivity contribution in [1.29, 1.82) is 0 Å². The highest BCUT2D eigenvalue weighted by atomic mass is 32.2. The molecule has 4 amide bonds. The number of nitrogens with one attached hydrogen (secondary N) is 3. The van der Waals surface area contributed by atoms with E-state index in [1.54, 1.807) is 11.8 Å². The molecule has 0 aliphatic carbocycles. The number of carbonyl (C=O) groups excluding carboxylic acids is 3. The van der Waals surface area contributed by atoms with E-state index in [0.717, 1.165) is 0 Å². The van der Waals surface area contributed by atoms with Gasteiger partial charge in [0.2, 0.25) is 10.0 Å². The Kier molecular flexibility index (Phi) is 5.44. The lowest BCUT2D eigenvalue weighted by atomic mass is 9.87. The fourth-order valence-corrected chi connectivity index (χ4v) is 4.67. The molecule has 2 heterocycles. The average Bonchev–Trinajstić information content (AvgIpc) is 2.94. The van der Waals surface area contributed by atoms with E-state index in [1.165, 1.54) is 24.3 Å². The maximum absolute atomic E-state index is 12.7. The molecule has 0 radical (unpaired) electrons.